The number of pyridine rings is 1. The molecule has 3 rings (SSSR count). The van der Waals surface area contributed by atoms with Crippen LogP contribution in [-0.4, -0.2) is 4.98 Å². The highest BCUT2D eigenvalue weighted by atomic mass is 32.1. The minimum absolute atomic E-state index is 0.666. The Morgan fingerprint density at radius 3 is 2.94 bits per heavy atom. The zero-order chi connectivity index (χ0) is 12.5. The number of benzene rings is 1. The number of thiophene rings is 1. The molecule has 0 atom stereocenters. The molecule has 5 heteroatoms. The molecule has 3 nitrogen and oxygen atoms in total. The second-order valence-electron chi connectivity index (χ2n) is 3.90. The van der Waals surface area contributed by atoms with Crippen molar-refractivity contribution in [3.05, 3.63) is 41.9 Å². The Morgan fingerprint density at radius 1 is 1.22 bits per heavy atom. The number of fused-ring (bicyclic) bond motifs is 1. The van der Waals surface area contributed by atoms with E-state index in [2.05, 4.69) is 29.0 Å². The van der Waals surface area contributed by atoms with E-state index in [1.165, 1.54) is 0 Å². The number of nitrogen functional groups attached to an aromatic ring is 1. The molecule has 90 valence electrons. The topological polar surface area (TPSA) is 50.9 Å². The summed E-state index contributed by atoms with van der Waals surface area (Å²) in [5.74, 6) is 0. The van der Waals surface area contributed by atoms with Gasteiger partial charge >= 0.3 is 0 Å². The highest BCUT2D eigenvalue weighted by molar-refractivity contribution is 7.80. The van der Waals surface area contributed by atoms with Crippen LogP contribution in [-0.2, 0) is 0 Å². The van der Waals surface area contributed by atoms with Crippen LogP contribution in [0.15, 0.2) is 46.8 Å². The Hall–Kier alpha value is -1.72. The molecule has 0 unspecified atom stereocenters. The van der Waals surface area contributed by atoms with Gasteiger partial charge in [-0.2, -0.15) is 0 Å². The summed E-state index contributed by atoms with van der Waals surface area (Å²) in [5.41, 5.74) is 8.49. The van der Waals surface area contributed by atoms with Crippen LogP contribution in [0.1, 0.15) is 0 Å². The number of hydrogen-bond donors (Lipinski definition) is 3. The molecule has 2 heterocycles. The fourth-order valence-corrected chi connectivity index (χ4v) is 2.67. The third-order valence-electron chi connectivity index (χ3n) is 2.67. The second-order valence-corrected chi connectivity index (χ2v) is 5.27. The summed E-state index contributed by atoms with van der Waals surface area (Å²) in [6.07, 6.45) is 1.80. The molecule has 0 aliphatic heterocycles. The third-order valence-corrected chi connectivity index (χ3v) is 3.90. The first-order chi connectivity index (χ1) is 8.74. The van der Waals surface area contributed by atoms with E-state index in [4.69, 9.17) is 5.73 Å². The zero-order valence-electron chi connectivity index (χ0n) is 9.42. The number of hydrogen-bond acceptors (Lipinski definition) is 5. The molecule has 18 heavy (non-hydrogen) atoms. The minimum atomic E-state index is 0.666. The van der Waals surface area contributed by atoms with E-state index in [-0.39, 0.29) is 0 Å². The molecule has 0 amide bonds. The summed E-state index contributed by atoms with van der Waals surface area (Å²) in [6.45, 7) is 0. The van der Waals surface area contributed by atoms with Gasteiger partial charge in [0.25, 0.3) is 0 Å². The van der Waals surface area contributed by atoms with Crippen molar-refractivity contribution >= 4 is 51.2 Å². The smallest absolute Gasteiger partial charge is 0.125 e. The third kappa shape index (κ3) is 2.02. The molecular weight excluding hydrogens is 262 g/mol. The first-order valence-electron chi connectivity index (χ1n) is 5.42. The molecular formula is C13H11N3S2. The van der Waals surface area contributed by atoms with Crippen LogP contribution in [0.5, 0.6) is 0 Å². The van der Waals surface area contributed by atoms with Crippen molar-refractivity contribution in [2.45, 2.75) is 4.90 Å². The monoisotopic (exact) mass is 273 g/mol. The minimum Gasteiger partial charge on any atom is -0.398 e. The van der Waals surface area contributed by atoms with Crippen LogP contribution < -0.4 is 11.1 Å². The highest BCUT2D eigenvalue weighted by Crippen LogP contribution is 2.29. The second kappa shape index (κ2) is 4.51. The Bertz CT molecular complexity index is 706. The van der Waals surface area contributed by atoms with Gasteiger partial charge in [0, 0.05) is 27.9 Å². The average molecular weight is 273 g/mol. The van der Waals surface area contributed by atoms with Crippen LogP contribution in [0, 0.1) is 0 Å². The van der Waals surface area contributed by atoms with Crippen LogP contribution >= 0.6 is 24.0 Å². The molecule has 0 saturated heterocycles. The number of nitrogens with two attached hydrogens (primary N) is 1. The lowest BCUT2D eigenvalue weighted by Gasteiger charge is -2.09. The maximum atomic E-state index is 5.84. The van der Waals surface area contributed by atoms with E-state index in [0.717, 1.165) is 26.5 Å². The van der Waals surface area contributed by atoms with Gasteiger partial charge in [-0.15, -0.1) is 24.0 Å². The largest absolute Gasteiger partial charge is 0.398 e. The molecule has 0 aliphatic carbocycles. The van der Waals surface area contributed by atoms with Crippen LogP contribution in [0.25, 0.3) is 10.2 Å². The van der Waals surface area contributed by atoms with Gasteiger partial charge in [-0.1, -0.05) is 0 Å². The summed E-state index contributed by atoms with van der Waals surface area (Å²) >= 11 is 5.89. The SMILES string of the molecule is Nc1cc(Nc2ccnc3sccc23)ccc1S. The van der Waals surface area contributed by atoms with Gasteiger partial charge in [0.1, 0.15) is 4.83 Å². The maximum Gasteiger partial charge on any atom is 0.125 e. The van der Waals surface area contributed by atoms with Crippen molar-refractivity contribution in [2.24, 2.45) is 0 Å². The molecule has 3 N–H and O–H groups in total. The zero-order valence-corrected chi connectivity index (χ0v) is 11.1. The fraction of sp³-hybridized carbons (Fsp3) is 0. The molecule has 0 aliphatic rings. The summed E-state index contributed by atoms with van der Waals surface area (Å²) in [5, 5.41) is 6.51. The lowest BCUT2D eigenvalue weighted by molar-refractivity contribution is 1.42. The predicted molar refractivity (Wildman–Crippen MR) is 81.0 cm³/mol. The van der Waals surface area contributed by atoms with Gasteiger partial charge in [-0.3, -0.25) is 0 Å². The standard InChI is InChI=1S/C13H11N3S2/c14-10-7-8(1-2-12(10)17)16-11-3-5-15-13-9(11)4-6-18-13/h1-7,17H,14H2,(H,15,16). The molecule has 3 aromatic rings. The van der Waals surface area contributed by atoms with Crippen molar-refractivity contribution in [3.8, 4) is 0 Å². The van der Waals surface area contributed by atoms with Crippen LogP contribution in [0.4, 0.5) is 17.1 Å². The van der Waals surface area contributed by atoms with E-state index >= 15 is 0 Å². The van der Waals surface area contributed by atoms with Gasteiger partial charge in [-0.05, 0) is 35.7 Å². The van der Waals surface area contributed by atoms with Crippen molar-refractivity contribution in [2.75, 3.05) is 11.1 Å². The molecule has 1 aromatic carbocycles. The van der Waals surface area contributed by atoms with Crippen LogP contribution in [0.3, 0.4) is 0 Å². The van der Waals surface area contributed by atoms with Crippen molar-refractivity contribution in [1.82, 2.24) is 4.98 Å². The van der Waals surface area contributed by atoms with Gasteiger partial charge in [-0.25, -0.2) is 4.98 Å². The van der Waals surface area contributed by atoms with Gasteiger partial charge in [0.15, 0.2) is 0 Å². The van der Waals surface area contributed by atoms with E-state index < -0.39 is 0 Å². The summed E-state index contributed by atoms with van der Waals surface area (Å²) in [6, 6.07) is 9.73. The highest BCUT2D eigenvalue weighted by Gasteiger charge is 2.04. The summed E-state index contributed by atoms with van der Waals surface area (Å²) in [4.78, 5) is 6.13. The van der Waals surface area contributed by atoms with E-state index in [1.807, 2.05) is 29.6 Å². The summed E-state index contributed by atoms with van der Waals surface area (Å²) < 4.78 is 0. The number of nitrogens with zero attached hydrogens (tertiary/aromatic N) is 1. The van der Waals surface area contributed by atoms with Gasteiger partial charge in [0.2, 0.25) is 0 Å². The summed E-state index contributed by atoms with van der Waals surface area (Å²) in [7, 11) is 0. The van der Waals surface area contributed by atoms with Crippen molar-refractivity contribution in [1.29, 1.82) is 0 Å². The Kier molecular flexibility index (Phi) is 2.85. The predicted octanol–water partition coefficient (Wildman–Crippen LogP) is 3.91. The molecule has 0 fully saturated rings. The first kappa shape index (κ1) is 11.4. The van der Waals surface area contributed by atoms with E-state index in [9.17, 15) is 0 Å². The Morgan fingerprint density at radius 2 is 2.11 bits per heavy atom. The van der Waals surface area contributed by atoms with Crippen molar-refractivity contribution < 1.29 is 0 Å². The van der Waals surface area contributed by atoms with Crippen LogP contribution in [0.2, 0.25) is 0 Å². The number of thiol groups is 1. The number of aromatic nitrogens is 1. The molecule has 0 spiro atoms. The van der Waals surface area contributed by atoms with Crippen molar-refractivity contribution in [3.63, 3.8) is 0 Å². The normalized spacial score (nSPS) is 10.7. The number of nitrogens with one attached hydrogen (secondary N) is 1. The Balaban J connectivity index is 2.01. The van der Waals surface area contributed by atoms with E-state index in [1.54, 1.807) is 17.5 Å². The van der Waals surface area contributed by atoms with Gasteiger partial charge < -0.3 is 11.1 Å². The lowest BCUT2D eigenvalue weighted by Crippen LogP contribution is -1.94. The lowest BCUT2D eigenvalue weighted by atomic mass is 10.2. The first-order valence-corrected chi connectivity index (χ1v) is 6.74. The number of anilines is 3. The molecule has 0 bridgehead atoms. The quantitative estimate of drug-likeness (QED) is 0.490. The van der Waals surface area contributed by atoms with Gasteiger partial charge in [0.05, 0.1) is 5.69 Å². The average Bonchev–Trinajstić information content (AvgIpc) is 2.83. The molecule has 0 radical (unpaired) electrons. The number of rotatable bonds is 2. The molecule has 2 aromatic heterocycles. The Labute approximate surface area is 114 Å². The van der Waals surface area contributed by atoms with E-state index in [0.29, 0.717) is 5.69 Å². The fourth-order valence-electron chi connectivity index (χ4n) is 1.77. The molecule has 0 saturated carbocycles. The maximum absolute atomic E-state index is 5.84.